The summed E-state index contributed by atoms with van der Waals surface area (Å²) in [7, 11) is 0. The molecule has 0 aliphatic heterocycles. The van der Waals surface area contributed by atoms with E-state index in [9.17, 15) is 0 Å². The number of rotatable bonds is 8. The molecule has 0 aliphatic carbocycles. The van der Waals surface area contributed by atoms with Crippen LogP contribution in [0.2, 0.25) is 5.02 Å². The number of nitrogens with one attached hydrogen (secondary N) is 1. The van der Waals surface area contributed by atoms with E-state index in [1.54, 1.807) is 6.21 Å². The first kappa shape index (κ1) is 18.1. The quantitative estimate of drug-likeness (QED) is 0.559. The molecule has 0 spiro atoms. The molecule has 24 heavy (non-hydrogen) atoms. The highest BCUT2D eigenvalue weighted by Gasteiger charge is 2.07. The molecule has 5 heteroatoms. The van der Waals surface area contributed by atoms with Gasteiger partial charge in [0.15, 0.2) is 11.5 Å². The Balaban J connectivity index is 2.01. The third-order valence-corrected chi connectivity index (χ3v) is 3.53. The minimum absolute atomic E-state index is 0.0982. The van der Waals surface area contributed by atoms with Gasteiger partial charge in [-0.05, 0) is 56.2 Å². The second-order valence-corrected chi connectivity index (χ2v) is 5.90. The van der Waals surface area contributed by atoms with Gasteiger partial charge in [-0.1, -0.05) is 29.8 Å². The van der Waals surface area contributed by atoms with Crippen LogP contribution in [0.4, 0.5) is 0 Å². The van der Waals surface area contributed by atoms with Crippen molar-refractivity contribution in [3.63, 3.8) is 0 Å². The molecular formula is C19H23ClN2O2. The van der Waals surface area contributed by atoms with Gasteiger partial charge in [-0.15, -0.1) is 0 Å². The lowest BCUT2D eigenvalue weighted by Crippen LogP contribution is -2.08. The van der Waals surface area contributed by atoms with Gasteiger partial charge in [0.25, 0.3) is 0 Å². The van der Waals surface area contributed by atoms with Crippen LogP contribution in [-0.4, -0.2) is 18.9 Å². The van der Waals surface area contributed by atoms with Gasteiger partial charge in [0.2, 0.25) is 0 Å². The Bertz CT molecular complexity index is 687. The predicted molar refractivity (Wildman–Crippen MR) is 99.3 cm³/mol. The maximum Gasteiger partial charge on any atom is 0.161 e. The number of hydrogen-bond acceptors (Lipinski definition) is 4. The molecule has 2 aromatic carbocycles. The fourth-order valence-electron chi connectivity index (χ4n) is 2.12. The topological polar surface area (TPSA) is 42.8 Å². The molecule has 128 valence electrons. The predicted octanol–water partition coefficient (Wildman–Crippen LogP) is 4.65. The Morgan fingerprint density at radius 1 is 1.17 bits per heavy atom. The zero-order chi connectivity index (χ0) is 17.4. The average molecular weight is 347 g/mol. The van der Waals surface area contributed by atoms with Crippen LogP contribution >= 0.6 is 11.6 Å². The lowest BCUT2D eigenvalue weighted by molar-refractivity contribution is 0.224. The third kappa shape index (κ3) is 5.46. The minimum atomic E-state index is 0.0982. The lowest BCUT2D eigenvalue weighted by Gasteiger charge is -2.14. The zero-order valence-electron chi connectivity index (χ0n) is 14.3. The maximum absolute atomic E-state index is 6.11. The van der Waals surface area contributed by atoms with Crippen LogP contribution in [0.1, 0.15) is 31.9 Å². The lowest BCUT2D eigenvalue weighted by atomic mass is 10.2. The number of nitrogens with zero attached hydrogens (tertiary/aromatic N) is 1. The van der Waals surface area contributed by atoms with Gasteiger partial charge >= 0.3 is 0 Å². The highest BCUT2D eigenvalue weighted by Crippen LogP contribution is 2.28. The molecule has 0 saturated heterocycles. The summed E-state index contributed by atoms with van der Waals surface area (Å²) in [6, 6.07) is 13.5. The molecule has 4 nitrogen and oxygen atoms in total. The van der Waals surface area contributed by atoms with Crippen LogP contribution in [0, 0.1) is 0 Å². The second kappa shape index (κ2) is 9.18. The Hall–Kier alpha value is -2.20. The van der Waals surface area contributed by atoms with Crippen molar-refractivity contribution in [1.82, 2.24) is 5.43 Å². The van der Waals surface area contributed by atoms with Gasteiger partial charge < -0.3 is 14.9 Å². The molecule has 0 saturated carbocycles. The van der Waals surface area contributed by atoms with Crippen LogP contribution in [0.3, 0.4) is 0 Å². The minimum Gasteiger partial charge on any atom is -0.490 e. The van der Waals surface area contributed by atoms with E-state index in [0.717, 1.165) is 27.6 Å². The number of benzene rings is 2. The fourth-order valence-corrected chi connectivity index (χ4v) is 2.32. The Kier molecular flexibility index (Phi) is 6.94. The second-order valence-electron chi connectivity index (χ2n) is 5.49. The summed E-state index contributed by atoms with van der Waals surface area (Å²) >= 11 is 6.11. The van der Waals surface area contributed by atoms with E-state index in [2.05, 4.69) is 10.5 Å². The molecule has 0 atom stereocenters. The Morgan fingerprint density at radius 2 is 1.96 bits per heavy atom. The standard InChI is InChI=1S/C19H23ClN2O2/c1-4-23-19-11-15(9-10-18(19)24-14(2)3)12-21-22-13-16-7-5-6-8-17(16)20/h5-12,14,22H,4,13H2,1-3H3/b21-12-. The van der Waals surface area contributed by atoms with E-state index >= 15 is 0 Å². The van der Waals surface area contributed by atoms with Gasteiger partial charge in [0.05, 0.1) is 25.5 Å². The molecule has 0 aromatic heterocycles. The number of ether oxygens (including phenoxy) is 2. The summed E-state index contributed by atoms with van der Waals surface area (Å²) in [6.07, 6.45) is 1.85. The first-order chi connectivity index (χ1) is 11.6. The molecule has 2 rings (SSSR count). The highest BCUT2D eigenvalue weighted by molar-refractivity contribution is 6.31. The Labute approximate surface area is 148 Å². The first-order valence-electron chi connectivity index (χ1n) is 8.03. The van der Waals surface area contributed by atoms with Crippen LogP contribution in [-0.2, 0) is 6.54 Å². The molecule has 0 fully saturated rings. The van der Waals surface area contributed by atoms with Gasteiger partial charge in [-0.2, -0.15) is 5.10 Å². The molecule has 1 N–H and O–H groups in total. The van der Waals surface area contributed by atoms with Crippen molar-refractivity contribution in [2.45, 2.75) is 33.4 Å². The van der Waals surface area contributed by atoms with Crippen molar-refractivity contribution >= 4 is 17.8 Å². The van der Waals surface area contributed by atoms with Crippen molar-refractivity contribution in [3.05, 3.63) is 58.6 Å². The average Bonchev–Trinajstić information content (AvgIpc) is 2.55. The summed E-state index contributed by atoms with van der Waals surface area (Å²) in [5.74, 6) is 1.47. The third-order valence-electron chi connectivity index (χ3n) is 3.16. The van der Waals surface area contributed by atoms with Gasteiger partial charge in [-0.25, -0.2) is 0 Å². The summed E-state index contributed by atoms with van der Waals surface area (Å²) in [5.41, 5.74) is 4.94. The number of halogens is 1. The van der Waals surface area contributed by atoms with E-state index in [1.807, 2.05) is 63.2 Å². The van der Waals surface area contributed by atoms with Crippen LogP contribution in [0.5, 0.6) is 11.5 Å². The van der Waals surface area contributed by atoms with E-state index in [0.29, 0.717) is 13.2 Å². The molecule has 0 heterocycles. The van der Waals surface area contributed by atoms with Crippen LogP contribution in [0.25, 0.3) is 0 Å². The number of hydrazone groups is 1. The molecule has 2 aromatic rings. The van der Waals surface area contributed by atoms with Crippen LogP contribution < -0.4 is 14.9 Å². The maximum atomic E-state index is 6.11. The molecule has 0 aliphatic rings. The first-order valence-corrected chi connectivity index (χ1v) is 8.40. The molecular weight excluding hydrogens is 324 g/mol. The van der Waals surface area contributed by atoms with Gasteiger partial charge in [0.1, 0.15) is 0 Å². The molecule has 0 amide bonds. The highest BCUT2D eigenvalue weighted by atomic mass is 35.5. The van der Waals surface area contributed by atoms with E-state index in [-0.39, 0.29) is 6.10 Å². The van der Waals surface area contributed by atoms with E-state index in [1.165, 1.54) is 0 Å². The fraction of sp³-hybridized carbons (Fsp3) is 0.316. The van der Waals surface area contributed by atoms with Gasteiger partial charge in [0, 0.05) is 5.02 Å². The smallest absolute Gasteiger partial charge is 0.161 e. The van der Waals surface area contributed by atoms with Crippen LogP contribution in [0.15, 0.2) is 47.6 Å². The largest absolute Gasteiger partial charge is 0.490 e. The summed E-state index contributed by atoms with van der Waals surface area (Å²) in [4.78, 5) is 0. The molecule has 0 unspecified atom stereocenters. The monoisotopic (exact) mass is 346 g/mol. The zero-order valence-corrected chi connectivity index (χ0v) is 15.0. The summed E-state index contributed by atoms with van der Waals surface area (Å²) in [5, 5.41) is 4.97. The summed E-state index contributed by atoms with van der Waals surface area (Å²) in [6.45, 7) is 7.08. The SMILES string of the molecule is CCOc1cc(/C=N\NCc2ccccc2Cl)ccc1OC(C)C. The van der Waals surface area contributed by atoms with Crippen molar-refractivity contribution in [2.24, 2.45) is 5.10 Å². The van der Waals surface area contributed by atoms with Crippen molar-refractivity contribution < 1.29 is 9.47 Å². The molecule has 0 bridgehead atoms. The van der Waals surface area contributed by atoms with Gasteiger partial charge in [-0.3, -0.25) is 0 Å². The Morgan fingerprint density at radius 3 is 2.67 bits per heavy atom. The van der Waals surface area contributed by atoms with Crippen molar-refractivity contribution in [2.75, 3.05) is 6.61 Å². The van der Waals surface area contributed by atoms with E-state index in [4.69, 9.17) is 21.1 Å². The van der Waals surface area contributed by atoms with Crippen molar-refractivity contribution in [1.29, 1.82) is 0 Å². The molecule has 0 radical (unpaired) electrons. The summed E-state index contributed by atoms with van der Waals surface area (Å²) < 4.78 is 11.4. The van der Waals surface area contributed by atoms with Crippen molar-refractivity contribution in [3.8, 4) is 11.5 Å². The van der Waals surface area contributed by atoms with E-state index < -0.39 is 0 Å². The number of hydrogen-bond donors (Lipinski definition) is 1. The normalized spacial score (nSPS) is 11.0.